The lowest BCUT2D eigenvalue weighted by molar-refractivity contribution is -0.135. The molecule has 1 amide bonds. The molecule has 0 aromatic heterocycles. The van der Waals surface area contributed by atoms with Crippen LogP contribution in [0.5, 0.6) is 0 Å². The van der Waals surface area contributed by atoms with Gasteiger partial charge >= 0.3 is 0 Å². The van der Waals surface area contributed by atoms with E-state index in [1.165, 1.54) is 16.7 Å². The Hall–Kier alpha value is -2.76. The third-order valence-corrected chi connectivity index (χ3v) is 6.99. The van der Waals surface area contributed by atoms with E-state index in [9.17, 15) is 4.79 Å². The number of carbonyl (C=O) groups is 1. The van der Waals surface area contributed by atoms with Gasteiger partial charge < -0.3 is 4.90 Å². The zero-order valence-electron chi connectivity index (χ0n) is 18.9. The number of hydrogen-bond acceptors (Lipinski definition) is 4. The molecule has 5 heteroatoms. The molecule has 2 fully saturated rings. The second-order valence-corrected chi connectivity index (χ2v) is 9.24. The molecule has 0 bridgehead atoms. The van der Waals surface area contributed by atoms with Gasteiger partial charge in [-0.25, -0.2) is 5.01 Å². The van der Waals surface area contributed by atoms with E-state index in [4.69, 9.17) is 5.10 Å². The molecule has 2 aromatic rings. The van der Waals surface area contributed by atoms with Gasteiger partial charge in [-0.15, -0.1) is 0 Å². The summed E-state index contributed by atoms with van der Waals surface area (Å²) in [6, 6.07) is 20.9. The third kappa shape index (κ3) is 4.41. The van der Waals surface area contributed by atoms with Gasteiger partial charge in [0.15, 0.2) is 0 Å². The number of carbonyl (C=O) groups excluding carboxylic acids is 1. The van der Waals surface area contributed by atoms with Gasteiger partial charge in [-0.2, -0.15) is 5.10 Å². The molecule has 2 aromatic carbocycles. The number of fused-ring (bicyclic) bond motifs is 1. The van der Waals surface area contributed by atoms with E-state index in [2.05, 4.69) is 71.5 Å². The zero-order chi connectivity index (χ0) is 21.9. The number of allylic oxidation sites excluding steroid dienone is 1. The standard InChI is InChI=1S/C27H32N4O/c1-29-15-17-30(18-16-29)20-25(32)31-27(22-11-6-3-7-12-22)24-14-8-13-23(26(24)28-31)19-21-9-4-2-5-10-21/h2-7,9-12,19,24,27H,8,13-18,20H2,1H3/b23-19+. The first-order valence-corrected chi connectivity index (χ1v) is 11.8. The smallest absolute Gasteiger partial charge is 0.257 e. The number of rotatable bonds is 4. The Labute approximate surface area is 191 Å². The first kappa shape index (κ1) is 21.1. The summed E-state index contributed by atoms with van der Waals surface area (Å²) >= 11 is 0. The predicted octanol–water partition coefficient (Wildman–Crippen LogP) is 4.06. The molecule has 2 unspecified atom stereocenters. The summed E-state index contributed by atoms with van der Waals surface area (Å²) in [5.74, 6) is 0.377. The Balaban J connectivity index is 1.45. The lowest BCUT2D eigenvalue weighted by Crippen LogP contribution is -2.48. The van der Waals surface area contributed by atoms with E-state index >= 15 is 0 Å². The highest BCUT2D eigenvalue weighted by molar-refractivity contribution is 6.08. The molecular weight excluding hydrogens is 396 g/mol. The summed E-state index contributed by atoms with van der Waals surface area (Å²) in [6.45, 7) is 4.34. The van der Waals surface area contributed by atoms with Gasteiger partial charge in [-0.1, -0.05) is 60.7 Å². The molecule has 0 N–H and O–H groups in total. The maximum atomic E-state index is 13.5. The summed E-state index contributed by atoms with van der Waals surface area (Å²) in [5, 5.41) is 6.84. The molecule has 2 atom stereocenters. The minimum Gasteiger partial charge on any atom is -0.304 e. The van der Waals surface area contributed by atoms with E-state index in [0.29, 0.717) is 6.54 Å². The largest absolute Gasteiger partial charge is 0.304 e. The zero-order valence-corrected chi connectivity index (χ0v) is 18.9. The number of nitrogens with zero attached hydrogens (tertiary/aromatic N) is 4. The van der Waals surface area contributed by atoms with Crippen LogP contribution in [0.4, 0.5) is 0 Å². The lowest BCUT2D eigenvalue weighted by Gasteiger charge is -2.34. The van der Waals surface area contributed by atoms with Crippen molar-refractivity contribution in [3.8, 4) is 0 Å². The summed E-state index contributed by atoms with van der Waals surface area (Å²) < 4.78 is 0. The Morgan fingerprint density at radius 2 is 1.69 bits per heavy atom. The van der Waals surface area contributed by atoms with Crippen LogP contribution < -0.4 is 0 Å². The van der Waals surface area contributed by atoms with E-state index in [-0.39, 0.29) is 17.9 Å². The molecule has 2 aliphatic heterocycles. The van der Waals surface area contributed by atoms with Gasteiger partial charge in [0.1, 0.15) is 0 Å². The van der Waals surface area contributed by atoms with Crippen molar-refractivity contribution in [1.29, 1.82) is 0 Å². The van der Waals surface area contributed by atoms with Crippen LogP contribution in [0.25, 0.3) is 6.08 Å². The van der Waals surface area contributed by atoms with Crippen molar-refractivity contribution in [2.45, 2.75) is 25.3 Å². The molecule has 1 aliphatic carbocycles. The first-order chi connectivity index (χ1) is 15.7. The number of hydrogen-bond donors (Lipinski definition) is 0. The number of hydrazone groups is 1. The molecule has 3 aliphatic rings. The van der Waals surface area contributed by atoms with E-state index in [1.54, 1.807) is 0 Å². The van der Waals surface area contributed by atoms with Crippen molar-refractivity contribution in [2.75, 3.05) is 39.8 Å². The molecule has 166 valence electrons. The van der Waals surface area contributed by atoms with Crippen molar-refractivity contribution in [3.63, 3.8) is 0 Å². The average molecular weight is 429 g/mol. The molecule has 1 saturated heterocycles. The highest BCUT2D eigenvalue weighted by Gasteiger charge is 2.43. The van der Waals surface area contributed by atoms with Crippen LogP contribution >= 0.6 is 0 Å². The molecule has 0 radical (unpaired) electrons. The molecule has 0 spiro atoms. The maximum Gasteiger partial charge on any atom is 0.257 e. The number of likely N-dealkylation sites (N-methyl/N-ethyl adjacent to an activating group) is 1. The van der Waals surface area contributed by atoms with Crippen LogP contribution in [0, 0.1) is 5.92 Å². The topological polar surface area (TPSA) is 39.1 Å². The lowest BCUT2D eigenvalue weighted by atomic mass is 9.77. The summed E-state index contributed by atoms with van der Waals surface area (Å²) in [5.41, 5.74) is 4.78. The highest BCUT2D eigenvalue weighted by atomic mass is 16.2. The van der Waals surface area contributed by atoms with Gasteiger partial charge in [0, 0.05) is 32.1 Å². The van der Waals surface area contributed by atoms with Crippen molar-refractivity contribution in [1.82, 2.24) is 14.8 Å². The van der Waals surface area contributed by atoms with Crippen LogP contribution in [0.1, 0.15) is 36.4 Å². The highest BCUT2D eigenvalue weighted by Crippen LogP contribution is 2.44. The van der Waals surface area contributed by atoms with Crippen LogP contribution in [0.2, 0.25) is 0 Å². The summed E-state index contributed by atoms with van der Waals surface area (Å²) in [7, 11) is 2.14. The second-order valence-electron chi connectivity index (χ2n) is 9.24. The minimum absolute atomic E-state index is 0.00867. The number of piperazine rings is 1. The fourth-order valence-electron chi connectivity index (χ4n) is 5.21. The Kier molecular flexibility index (Phi) is 6.19. The first-order valence-electron chi connectivity index (χ1n) is 11.8. The summed E-state index contributed by atoms with van der Waals surface area (Å²) in [6.07, 6.45) is 5.49. The fourth-order valence-corrected chi connectivity index (χ4v) is 5.21. The second kappa shape index (κ2) is 9.39. The molecule has 32 heavy (non-hydrogen) atoms. The average Bonchev–Trinajstić information content (AvgIpc) is 3.23. The third-order valence-electron chi connectivity index (χ3n) is 6.99. The molecule has 5 nitrogen and oxygen atoms in total. The van der Waals surface area contributed by atoms with Crippen LogP contribution in [-0.4, -0.2) is 66.2 Å². The van der Waals surface area contributed by atoms with Crippen molar-refractivity contribution in [3.05, 3.63) is 77.4 Å². The van der Waals surface area contributed by atoms with E-state index < -0.39 is 0 Å². The molecule has 2 heterocycles. The minimum atomic E-state index is -0.00867. The van der Waals surface area contributed by atoms with Gasteiger partial charge in [0.25, 0.3) is 5.91 Å². The fraction of sp³-hybridized carbons (Fsp3) is 0.407. The Bertz CT molecular complexity index is 993. The van der Waals surface area contributed by atoms with Gasteiger partial charge in [-0.3, -0.25) is 9.69 Å². The van der Waals surface area contributed by atoms with Gasteiger partial charge in [-0.05, 0) is 49.1 Å². The van der Waals surface area contributed by atoms with E-state index in [1.807, 2.05) is 17.1 Å². The van der Waals surface area contributed by atoms with Crippen LogP contribution in [0.15, 0.2) is 71.3 Å². The Morgan fingerprint density at radius 1 is 1.00 bits per heavy atom. The number of amides is 1. The van der Waals surface area contributed by atoms with Crippen molar-refractivity contribution < 1.29 is 4.79 Å². The van der Waals surface area contributed by atoms with Crippen molar-refractivity contribution in [2.24, 2.45) is 11.0 Å². The number of benzene rings is 2. The molecule has 1 saturated carbocycles. The summed E-state index contributed by atoms with van der Waals surface area (Å²) in [4.78, 5) is 18.1. The Morgan fingerprint density at radius 3 is 2.41 bits per heavy atom. The maximum absolute atomic E-state index is 13.5. The van der Waals surface area contributed by atoms with E-state index in [0.717, 1.165) is 51.2 Å². The van der Waals surface area contributed by atoms with Crippen LogP contribution in [0.3, 0.4) is 0 Å². The quantitative estimate of drug-likeness (QED) is 0.737. The van der Waals surface area contributed by atoms with Crippen molar-refractivity contribution >= 4 is 17.7 Å². The molecule has 5 rings (SSSR count). The van der Waals surface area contributed by atoms with Gasteiger partial charge in [0.05, 0.1) is 18.3 Å². The SMILES string of the molecule is CN1CCN(CC(=O)N2N=C3/C(=C/c4ccccc4)CCCC3C2c2ccccc2)CC1. The normalized spacial score (nSPS) is 25.6. The molecular formula is C27H32N4O. The monoisotopic (exact) mass is 428 g/mol. The predicted molar refractivity (Wildman–Crippen MR) is 129 cm³/mol. The van der Waals surface area contributed by atoms with Crippen LogP contribution in [-0.2, 0) is 4.79 Å². The van der Waals surface area contributed by atoms with Gasteiger partial charge in [0.2, 0.25) is 0 Å².